The Bertz CT molecular complexity index is 402. The van der Waals surface area contributed by atoms with E-state index in [0.29, 0.717) is 12.3 Å². The lowest BCUT2D eigenvalue weighted by molar-refractivity contribution is -0.119. The van der Waals surface area contributed by atoms with E-state index in [9.17, 15) is 4.79 Å². The van der Waals surface area contributed by atoms with Crippen molar-refractivity contribution in [3.05, 3.63) is 23.9 Å². The molecule has 0 aromatic carbocycles. The quantitative estimate of drug-likeness (QED) is 0.862. The lowest BCUT2D eigenvalue weighted by Crippen LogP contribution is -2.42. The Hall–Kier alpha value is -1.58. The first-order valence-corrected chi connectivity index (χ1v) is 5.97. The fourth-order valence-corrected chi connectivity index (χ4v) is 2.32. The standard InChI is InChI=1S/C13H18N2O2/c1-3-13(7-6-11(16)15-13)8-10-4-5-12(17-2)14-9-10/h4-5,9H,3,6-8H2,1-2H3,(H,15,16). The summed E-state index contributed by atoms with van der Waals surface area (Å²) in [4.78, 5) is 15.6. The van der Waals surface area contributed by atoms with E-state index in [1.807, 2.05) is 18.3 Å². The van der Waals surface area contributed by atoms with Crippen LogP contribution in [0.5, 0.6) is 5.88 Å². The van der Waals surface area contributed by atoms with Gasteiger partial charge in [0.05, 0.1) is 7.11 Å². The molecule has 2 rings (SSSR count). The first-order chi connectivity index (χ1) is 8.17. The van der Waals surface area contributed by atoms with Crippen molar-refractivity contribution >= 4 is 5.91 Å². The lowest BCUT2D eigenvalue weighted by atomic mass is 9.87. The van der Waals surface area contributed by atoms with Crippen molar-refractivity contribution < 1.29 is 9.53 Å². The van der Waals surface area contributed by atoms with Crippen molar-refractivity contribution in [2.24, 2.45) is 0 Å². The summed E-state index contributed by atoms with van der Waals surface area (Å²) in [5.74, 6) is 0.781. The van der Waals surface area contributed by atoms with Gasteiger partial charge >= 0.3 is 0 Å². The van der Waals surface area contributed by atoms with Gasteiger partial charge in [-0.3, -0.25) is 4.79 Å². The fraction of sp³-hybridized carbons (Fsp3) is 0.538. The molecule has 1 atom stereocenters. The zero-order chi connectivity index (χ0) is 12.3. The van der Waals surface area contributed by atoms with Crippen LogP contribution in [-0.2, 0) is 11.2 Å². The molecule has 1 fully saturated rings. The van der Waals surface area contributed by atoms with Crippen LogP contribution in [0.1, 0.15) is 31.7 Å². The Morgan fingerprint density at radius 3 is 2.82 bits per heavy atom. The van der Waals surface area contributed by atoms with Crippen LogP contribution in [0.3, 0.4) is 0 Å². The number of hydrogen-bond donors (Lipinski definition) is 1. The van der Waals surface area contributed by atoms with Crippen molar-refractivity contribution in [1.29, 1.82) is 0 Å². The maximum atomic E-state index is 11.4. The second-order valence-electron chi connectivity index (χ2n) is 4.57. The highest BCUT2D eigenvalue weighted by Crippen LogP contribution is 2.28. The van der Waals surface area contributed by atoms with Gasteiger partial charge in [-0.25, -0.2) is 4.98 Å². The number of methoxy groups -OCH3 is 1. The summed E-state index contributed by atoms with van der Waals surface area (Å²) >= 11 is 0. The largest absolute Gasteiger partial charge is 0.481 e. The predicted molar refractivity (Wildman–Crippen MR) is 64.9 cm³/mol. The van der Waals surface area contributed by atoms with E-state index in [4.69, 9.17) is 4.74 Å². The van der Waals surface area contributed by atoms with Gasteiger partial charge in [0.25, 0.3) is 0 Å². The summed E-state index contributed by atoms with van der Waals surface area (Å²) in [6.07, 6.45) is 5.16. The van der Waals surface area contributed by atoms with Gasteiger partial charge in [-0.15, -0.1) is 0 Å². The molecular weight excluding hydrogens is 216 g/mol. The monoisotopic (exact) mass is 234 g/mol. The molecule has 0 aliphatic carbocycles. The molecule has 1 aliphatic rings. The van der Waals surface area contributed by atoms with Crippen molar-refractivity contribution in [2.45, 2.75) is 38.1 Å². The summed E-state index contributed by atoms with van der Waals surface area (Å²) in [7, 11) is 1.60. The molecular formula is C13H18N2O2. The van der Waals surface area contributed by atoms with Crippen LogP contribution in [0.25, 0.3) is 0 Å². The number of hydrogen-bond acceptors (Lipinski definition) is 3. The first-order valence-electron chi connectivity index (χ1n) is 5.97. The maximum absolute atomic E-state index is 11.4. The molecule has 0 radical (unpaired) electrons. The number of carbonyl (C=O) groups is 1. The molecule has 1 unspecified atom stereocenters. The highest BCUT2D eigenvalue weighted by atomic mass is 16.5. The highest BCUT2D eigenvalue weighted by Gasteiger charge is 2.35. The van der Waals surface area contributed by atoms with Gasteiger partial charge in [-0.2, -0.15) is 0 Å². The van der Waals surface area contributed by atoms with Crippen molar-refractivity contribution in [3.63, 3.8) is 0 Å². The van der Waals surface area contributed by atoms with Crippen LogP contribution in [0.15, 0.2) is 18.3 Å². The van der Waals surface area contributed by atoms with E-state index in [2.05, 4.69) is 17.2 Å². The highest BCUT2D eigenvalue weighted by molar-refractivity contribution is 5.79. The third-order valence-electron chi connectivity index (χ3n) is 3.46. The third-order valence-corrected chi connectivity index (χ3v) is 3.46. The topological polar surface area (TPSA) is 51.2 Å². The van der Waals surface area contributed by atoms with E-state index in [1.165, 1.54) is 0 Å². The van der Waals surface area contributed by atoms with Gasteiger partial charge in [-0.1, -0.05) is 13.0 Å². The van der Waals surface area contributed by atoms with Crippen LogP contribution in [0.2, 0.25) is 0 Å². The molecule has 4 heteroatoms. The van der Waals surface area contributed by atoms with Crippen molar-refractivity contribution in [1.82, 2.24) is 10.3 Å². The molecule has 1 aliphatic heterocycles. The zero-order valence-corrected chi connectivity index (χ0v) is 10.3. The summed E-state index contributed by atoms with van der Waals surface area (Å²) in [6, 6.07) is 3.86. The molecule has 2 heterocycles. The summed E-state index contributed by atoms with van der Waals surface area (Å²) in [5, 5.41) is 3.10. The smallest absolute Gasteiger partial charge is 0.220 e. The summed E-state index contributed by atoms with van der Waals surface area (Å²) < 4.78 is 5.03. The molecule has 0 bridgehead atoms. The van der Waals surface area contributed by atoms with E-state index in [-0.39, 0.29) is 11.4 Å². The second kappa shape index (κ2) is 4.73. The SMILES string of the molecule is CCC1(Cc2ccc(OC)nc2)CCC(=O)N1. The average Bonchev–Trinajstić information content (AvgIpc) is 2.72. The fourth-order valence-electron chi connectivity index (χ4n) is 2.32. The van der Waals surface area contributed by atoms with Gasteiger partial charge in [-0.05, 0) is 24.8 Å². The molecule has 1 aromatic rings. The van der Waals surface area contributed by atoms with Crippen LogP contribution in [0.4, 0.5) is 0 Å². The van der Waals surface area contributed by atoms with Crippen LogP contribution >= 0.6 is 0 Å². The molecule has 17 heavy (non-hydrogen) atoms. The van der Waals surface area contributed by atoms with E-state index >= 15 is 0 Å². The number of rotatable bonds is 4. The van der Waals surface area contributed by atoms with Crippen molar-refractivity contribution in [2.75, 3.05) is 7.11 Å². The minimum atomic E-state index is -0.0760. The molecule has 0 spiro atoms. The van der Waals surface area contributed by atoms with E-state index in [0.717, 1.165) is 24.8 Å². The minimum Gasteiger partial charge on any atom is -0.481 e. The molecule has 1 saturated heterocycles. The lowest BCUT2D eigenvalue weighted by Gasteiger charge is -2.27. The molecule has 1 N–H and O–H groups in total. The zero-order valence-electron chi connectivity index (χ0n) is 10.3. The van der Waals surface area contributed by atoms with Crippen LogP contribution in [0, 0.1) is 0 Å². The van der Waals surface area contributed by atoms with Gasteiger partial charge in [0, 0.05) is 24.2 Å². The molecule has 0 saturated carbocycles. The number of nitrogens with zero attached hydrogens (tertiary/aromatic N) is 1. The van der Waals surface area contributed by atoms with Crippen LogP contribution in [-0.4, -0.2) is 23.5 Å². The Morgan fingerprint density at radius 2 is 2.35 bits per heavy atom. The summed E-state index contributed by atoms with van der Waals surface area (Å²) in [6.45, 7) is 2.11. The molecule has 1 amide bonds. The number of pyridine rings is 1. The van der Waals surface area contributed by atoms with Crippen LogP contribution < -0.4 is 10.1 Å². The summed E-state index contributed by atoms with van der Waals surface area (Å²) in [5.41, 5.74) is 1.06. The average molecular weight is 234 g/mol. The Morgan fingerprint density at radius 1 is 1.53 bits per heavy atom. The number of aromatic nitrogens is 1. The van der Waals surface area contributed by atoms with Gasteiger partial charge in [0.2, 0.25) is 11.8 Å². The van der Waals surface area contributed by atoms with Crippen molar-refractivity contribution in [3.8, 4) is 5.88 Å². The van der Waals surface area contributed by atoms with Gasteiger partial charge in [0.15, 0.2) is 0 Å². The number of ether oxygens (including phenoxy) is 1. The third kappa shape index (κ3) is 2.57. The van der Waals surface area contributed by atoms with Gasteiger partial charge < -0.3 is 10.1 Å². The van der Waals surface area contributed by atoms with E-state index < -0.39 is 0 Å². The Balaban J connectivity index is 2.10. The number of amides is 1. The Kier molecular flexibility index (Phi) is 3.31. The molecule has 4 nitrogen and oxygen atoms in total. The molecule has 1 aromatic heterocycles. The number of nitrogens with one attached hydrogen (secondary N) is 1. The predicted octanol–water partition coefficient (Wildman–Crippen LogP) is 1.69. The minimum absolute atomic E-state index is 0.0760. The molecule has 92 valence electrons. The van der Waals surface area contributed by atoms with Gasteiger partial charge in [0.1, 0.15) is 0 Å². The second-order valence-corrected chi connectivity index (χ2v) is 4.57. The Labute approximate surface area is 101 Å². The normalized spacial score (nSPS) is 23.5. The number of carbonyl (C=O) groups excluding carboxylic acids is 1. The maximum Gasteiger partial charge on any atom is 0.220 e. The van der Waals surface area contributed by atoms with E-state index in [1.54, 1.807) is 7.11 Å². The first kappa shape index (κ1) is 11.9.